The third-order valence-corrected chi connectivity index (χ3v) is 3.70. The first-order valence-electron chi connectivity index (χ1n) is 9.46. The van der Waals surface area contributed by atoms with Gasteiger partial charge in [-0.25, -0.2) is 4.99 Å². The van der Waals surface area contributed by atoms with Gasteiger partial charge in [0.05, 0.1) is 31.1 Å². The number of carbonyl (C=O) groups is 1. The lowest BCUT2D eigenvalue weighted by Gasteiger charge is -2.15. The molecular formula is C21H29N5O2. The molecule has 150 valence electrons. The highest BCUT2D eigenvalue weighted by atomic mass is 16.5. The van der Waals surface area contributed by atoms with E-state index < -0.39 is 0 Å². The maximum absolute atomic E-state index is 12.1. The van der Waals surface area contributed by atoms with E-state index in [2.05, 4.69) is 25.9 Å². The van der Waals surface area contributed by atoms with Crippen molar-refractivity contribution in [2.75, 3.05) is 18.4 Å². The number of hydrogen-bond acceptors (Lipinski definition) is 4. The Balaban J connectivity index is 1.99. The zero-order valence-corrected chi connectivity index (χ0v) is 17.0. The summed E-state index contributed by atoms with van der Waals surface area (Å²) in [7, 11) is 0. The van der Waals surface area contributed by atoms with Crippen LogP contribution in [0.25, 0.3) is 0 Å². The van der Waals surface area contributed by atoms with Crippen LogP contribution in [0.3, 0.4) is 0 Å². The summed E-state index contributed by atoms with van der Waals surface area (Å²) in [5, 5.41) is 8.98. The Bertz CT molecular complexity index is 791. The highest BCUT2D eigenvalue weighted by Crippen LogP contribution is 2.22. The fourth-order valence-electron chi connectivity index (χ4n) is 2.47. The predicted molar refractivity (Wildman–Crippen MR) is 113 cm³/mol. The smallest absolute Gasteiger partial charge is 0.243 e. The number of aliphatic imine (C=N–C) groups is 1. The number of nitrogens with one attached hydrogen (secondary N) is 3. The van der Waals surface area contributed by atoms with E-state index in [1.807, 2.05) is 45.9 Å². The van der Waals surface area contributed by atoms with E-state index in [4.69, 9.17) is 4.74 Å². The first-order valence-corrected chi connectivity index (χ1v) is 9.46. The van der Waals surface area contributed by atoms with Crippen molar-refractivity contribution in [3.63, 3.8) is 0 Å². The van der Waals surface area contributed by atoms with Crippen molar-refractivity contribution in [2.45, 2.75) is 40.3 Å². The molecule has 0 atom stereocenters. The zero-order valence-electron chi connectivity index (χ0n) is 17.0. The van der Waals surface area contributed by atoms with Crippen LogP contribution in [0, 0.1) is 6.92 Å². The molecule has 0 spiro atoms. The lowest BCUT2D eigenvalue weighted by Crippen LogP contribution is -2.41. The van der Waals surface area contributed by atoms with Crippen LogP contribution in [0.4, 0.5) is 5.69 Å². The summed E-state index contributed by atoms with van der Waals surface area (Å²) in [6.07, 6.45) is 3.35. The second-order valence-corrected chi connectivity index (χ2v) is 6.62. The molecule has 1 aromatic carbocycles. The minimum absolute atomic E-state index is 0.0899. The van der Waals surface area contributed by atoms with Gasteiger partial charge in [-0.05, 0) is 51.5 Å². The molecule has 1 aromatic heterocycles. The SMILES string of the molecule is CCNC(=NCc1ccc(C)cc1OC(C)C)NCC(=O)Nc1cccnc1. The monoisotopic (exact) mass is 383 g/mol. The summed E-state index contributed by atoms with van der Waals surface area (Å²) in [5.41, 5.74) is 2.79. The number of guanidine groups is 1. The molecule has 7 nitrogen and oxygen atoms in total. The Hall–Kier alpha value is -3.09. The number of aromatic nitrogens is 1. The number of anilines is 1. The summed E-state index contributed by atoms with van der Waals surface area (Å²) in [4.78, 5) is 20.7. The lowest BCUT2D eigenvalue weighted by molar-refractivity contribution is -0.115. The molecule has 3 N–H and O–H groups in total. The average Bonchev–Trinajstić information content (AvgIpc) is 2.65. The van der Waals surface area contributed by atoms with Crippen LogP contribution in [0.15, 0.2) is 47.7 Å². The summed E-state index contributed by atoms with van der Waals surface area (Å²) in [6.45, 7) is 9.26. The van der Waals surface area contributed by atoms with Crippen molar-refractivity contribution in [3.8, 4) is 5.75 Å². The number of hydrogen-bond donors (Lipinski definition) is 3. The van der Waals surface area contributed by atoms with E-state index >= 15 is 0 Å². The van der Waals surface area contributed by atoms with E-state index in [1.54, 1.807) is 24.5 Å². The first-order chi connectivity index (χ1) is 13.5. The molecule has 0 saturated heterocycles. The van der Waals surface area contributed by atoms with E-state index in [1.165, 1.54) is 0 Å². The van der Waals surface area contributed by atoms with Crippen molar-refractivity contribution in [1.82, 2.24) is 15.6 Å². The van der Waals surface area contributed by atoms with Gasteiger partial charge in [0.1, 0.15) is 5.75 Å². The molecule has 0 aliphatic rings. The number of benzene rings is 1. The van der Waals surface area contributed by atoms with Crippen molar-refractivity contribution >= 4 is 17.6 Å². The Morgan fingerprint density at radius 2 is 2.07 bits per heavy atom. The standard InChI is InChI=1S/C21H29N5O2/c1-5-23-21(25-14-20(27)26-18-7-6-10-22-13-18)24-12-17-9-8-16(4)11-19(17)28-15(2)3/h6-11,13,15H,5,12,14H2,1-4H3,(H,26,27)(H2,23,24,25). The second kappa shape index (κ2) is 10.9. The Morgan fingerprint density at radius 1 is 1.25 bits per heavy atom. The quantitative estimate of drug-likeness (QED) is 0.482. The number of pyridine rings is 1. The van der Waals surface area contributed by atoms with Crippen LogP contribution in [0.1, 0.15) is 31.9 Å². The van der Waals surface area contributed by atoms with Crippen molar-refractivity contribution < 1.29 is 9.53 Å². The molecule has 0 unspecified atom stereocenters. The summed E-state index contributed by atoms with van der Waals surface area (Å²) in [6, 6.07) is 9.65. The second-order valence-electron chi connectivity index (χ2n) is 6.62. The number of amides is 1. The van der Waals surface area contributed by atoms with Gasteiger partial charge >= 0.3 is 0 Å². The van der Waals surface area contributed by atoms with Gasteiger partial charge in [-0.2, -0.15) is 0 Å². The Labute approximate surface area is 166 Å². The molecule has 0 bridgehead atoms. The number of carbonyl (C=O) groups excluding carboxylic acids is 1. The van der Waals surface area contributed by atoms with Crippen molar-refractivity contribution in [3.05, 3.63) is 53.9 Å². The predicted octanol–water partition coefficient (Wildman–Crippen LogP) is 2.87. The maximum atomic E-state index is 12.1. The molecule has 0 fully saturated rings. The third kappa shape index (κ3) is 7.26. The molecule has 28 heavy (non-hydrogen) atoms. The number of rotatable bonds is 8. The van der Waals surface area contributed by atoms with E-state index in [0.717, 1.165) is 16.9 Å². The molecule has 1 amide bonds. The lowest BCUT2D eigenvalue weighted by atomic mass is 10.1. The highest BCUT2D eigenvalue weighted by Gasteiger charge is 2.08. The van der Waals surface area contributed by atoms with Crippen molar-refractivity contribution in [1.29, 1.82) is 0 Å². The molecule has 2 rings (SSSR count). The topological polar surface area (TPSA) is 87.6 Å². The van der Waals surface area contributed by atoms with Crippen LogP contribution >= 0.6 is 0 Å². The maximum Gasteiger partial charge on any atom is 0.243 e. The van der Waals surface area contributed by atoms with Crippen LogP contribution in [-0.4, -0.2) is 36.0 Å². The molecular weight excluding hydrogens is 354 g/mol. The van der Waals surface area contributed by atoms with Gasteiger partial charge in [0.15, 0.2) is 5.96 Å². The van der Waals surface area contributed by atoms with E-state index in [-0.39, 0.29) is 18.6 Å². The first kappa shape index (κ1) is 21.2. The molecule has 7 heteroatoms. The normalized spacial score (nSPS) is 11.2. The van der Waals surface area contributed by atoms with Crippen LogP contribution in [0.5, 0.6) is 5.75 Å². The van der Waals surface area contributed by atoms with E-state index in [9.17, 15) is 4.79 Å². The third-order valence-electron chi connectivity index (χ3n) is 3.70. The van der Waals surface area contributed by atoms with Gasteiger partial charge < -0.3 is 20.7 Å². The summed E-state index contributed by atoms with van der Waals surface area (Å²) in [5.74, 6) is 1.24. The molecule has 0 aliphatic heterocycles. The molecule has 0 aliphatic carbocycles. The highest BCUT2D eigenvalue weighted by molar-refractivity contribution is 5.94. The van der Waals surface area contributed by atoms with Gasteiger partial charge in [-0.15, -0.1) is 0 Å². The van der Waals surface area contributed by atoms with Gasteiger partial charge in [0.2, 0.25) is 5.91 Å². The molecule has 0 saturated carbocycles. The number of ether oxygens (including phenoxy) is 1. The number of nitrogens with zero attached hydrogens (tertiary/aromatic N) is 2. The van der Waals surface area contributed by atoms with Gasteiger partial charge in [0.25, 0.3) is 0 Å². The van der Waals surface area contributed by atoms with Gasteiger partial charge in [-0.3, -0.25) is 9.78 Å². The largest absolute Gasteiger partial charge is 0.491 e. The molecule has 0 radical (unpaired) electrons. The van der Waals surface area contributed by atoms with Crippen molar-refractivity contribution in [2.24, 2.45) is 4.99 Å². The van der Waals surface area contributed by atoms with Gasteiger partial charge in [-0.1, -0.05) is 12.1 Å². The van der Waals surface area contributed by atoms with Crippen LogP contribution in [-0.2, 0) is 11.3 Å². The number of aryl methyl sites for hydroxylation is 1. The zero-order chi connectivity index (χ0) is 20.4. The fraction of sp³-hybridized carbons (Fsp3) is 0.381. The summed E-state index contributed by atoms with van der Waals surface area (Å²) < 4.78 is 5.90. The van der Waals surface area contributed by atoms with Crippen LogP contribution < -0.4 is 20.7 Å². The average molecular weight is 383 g/mol. The Kier molecular flexibility index (Phi) is 8.27. The summed E-state index contributed by atoms with van der Waals surface area (Å²) >= 11 is 0. The minimum Gasteiger partial charge on any atom is -0.491 e. The van der Waals surface area contributed by atoms with Crippen LogP contribution in [0.2, 0.25) is 0 Å². The van der Waals surface area contributed by atoms with Gasteiger partial charge in [0, 0.05) is 18.3 Å². The molecule has 1 heterocycles. The fourth-order valence-corrected chi connectivity index (χ4v) is 2.47. The Morgan fingerprint density at radius 3 is 2.75 bits per heavy atom. The van der Waals surface area contributed by atoms with E-state index in [0.29, 0.717) is 24.7 Å². The molecule has 2 aromatic rings. The minimum atomic E-state index is -0.169.